The van der Waals surface area contributed by atoms with Crippen LogP contribution in [0.1, 0.15) is 22.8 Å². The monoisotopic (exact) mass is 672 g/mol. The van der Waals surface area contributed by atoms with E-state index in [1.807, 2.05) is 121 Å². The van der Waals surface area contributed by atoms with Crippen molar-refractivity contribution < 1.29 is 17.1 Å². The molecule has 9 rings (SSSR count). The van der Waals surface area contributed by atoms with Crippen LogP contribution >= 0.6 is 0 Å². The summed E-state index contributed by atoms with van der Waals surface area (Å²) in [6.45, 7) is 0. The summed E-state index contributed by atoms with van der Waals surface area (Å²) in [5, 5.41) is 0. The zero-order chi connectivity index (χ0) is 31.9. The predicted molar refractivity (Wildman–Crippen MR) is 190 cm³/mol. The van der Waals surface area contributed by atoms with Crippen molar-refractivity contribution in [1.82, 2.24) is 39.9 Å². The number of nitrogens with zero attached hydrogens (tertiary/aromatic N) is 8. The van der Waals surface area contributed by atoms with E-state index in [2.05, 4.69) is 0 Å². The fourth-order valence-electron chi connectivity index (χ4n) is 6.18. The van der Waals surface area contributed by atoms with Crippen molar-refractivity contribution in [3.05, 3.63) is 145 Å². The Labute approximate surface area is 292 Å². The second-order valence-corrected chi connectivity index (χ2v) is 11.2. The van der Waals surface area contributed by atoms with E-state index >= 15 is 0 Å². The first kappa shape index (κ1) is 30.1. The molecule has 0 saturated carbocycles. The molecule has 9 heterocycles. The zero-order valence-corrected chi connectivity index (χ0v) is 26.9. The molecule has 0 saturated heterocycles. The largest absolute Gasteiger partial charge is 2.00 e. The number of rotatable bonds is 4. The first-order valence-electron chi connectivity index (χ1n) is 15.5. The summed E-state index contributed by atoms with van der Waals surface area (Å²) >= 11 is 0. The second kappa shape index (κ2) is 12.7. The van der Waals surface area contributed by atoms with E-state index in [0.29, 0.717) is 0 Å². The van der Waals surface area contributed by atoms with Crippen molar-refractivity contribution in [1.29, 1.82) is 0 Å². The van der Waals surface area contributed by atoms with Crippen molar-refractivity contribution in [3.8, 4) is 45.0 Å². The average molecular weight is 673 g/mol. The van der Waals surface area contributed by atoms with Gasteiger partial charge in [-0.2, -0.15) is 0 Å². The van der Waals surface area contributed by atoms with Crippen LogP contribution in [0.15, 0.2) is 122 Å². The number of fused-ring (bicyclic) bond motifs is 8. The molecule has 8 nitrogen and oxygen atoms in total. The van der Waals surface area contributed by atoms with Crippen molar-refractivity contribution in [3.63, 3.8) is 0 Å². The van der Waals surface area contributed by atoms with E-state index in [4.69, 9.17) is 39.9 Å². The fourth-order valence-corrected chi connectivity index (χ4v) is 6.18. The fraction of sp³-hybridized carbons (Fsp3) is 0. The van der Waals surface area contributed by atoms with Crippen LogP contribution in [0.25, 0.3) is 91.4 Å². The zero-order valence-electron chi connectivity index (χ0n) is 25.8. The van der Waals surface area contributed by atoms with Crippen molar-refractivity contribution >= 4 is 46.4 Å². The Morgan fingerprint density at radius 2 is 0.592 bits per heavy atom. The standard InChI is InChI=1S/C40H24N8.Fe/c1-5-21-41-25(9-1)37-29-13-15-31(45-29)38(26-10-2-6-22-42-26)33-17-19-35(47-33)40(28-12-4-8-24-44-28)36-20-18-34(48-36)39(27-11-3-7-23-43-27)32-16-14-30(37)46-32;/h1-24H;/q-2;+2. The van der Waals surface area contributed by atoms with Gasteiger partial charge in [-0.25, -0.2) is 9.97 Å². The minimum atomic E-state index is 0. The van der Waals surface area contributed by atoms with Gasteiger partial charge in [0.15, 0.2) is 0 Å². The van der Waals surface area contributed by atoms with Crippen LogP contribution in [0, 0.1) is 0 Å². The first-order chi connectivity index (χ1) is 23.8. The Kier molecular flexibility index (Phi) is 7.81. The quantitative estimate of drug-likeness (QED) is 0.173. The molecule has 2 aliphatic rings. The molecule has 9 heteroatoms. The van der Waals surface area contributed by atoms with E-state index in [-0.39, 0.29) is 17.1 Å². The molecule has 0 spiro atoms. The van der Waals surface area contributed by atoms with Crippen molar-refractivity contribution in [2.24, 2.45) is 0 Å². The van der Waals surface area contributed by atoms with Gasteiger partial charge in [0.1, 0.15) is 0 Å². The van der Waals surface area contributed by atoms with Crippen LogP contribution in [0.2, 0.25) is 0 Å². The maximum Gasteiger partial charge on any atom is 2.00 e. The Balaban J connectivity index is 0.00000348. The summed E-state index contributed by atoms with van der Waals surface area (Å²) in [5.74, 6) is 0. The van der Waals surface area contributed by atoms with E-state index in [0.717, 1.165) is 89.9 Å². The van der Waals surface area contributed by atoms with Gasteiger partial charge < -0.3 is 9.97 Å². The maximum atomic E-state index is 5.20. The number of pyridine rings is 4. The minimum Gasteiger partial charge on any atom is -0.657 e. The minimum absolute atomic E-state index is 0. The molecule has 2 aliphatic heterocycles. The summed E-state index contributed by atoms with van der Waals surface area (Å²) < 4.78 is 0. The Morgan fingerprint density at radius 3 is 0.816 bits per heavy atom. The van der Waals surface area contributed by atoms with Crippen LogP contribution in [-0.4, -0.2) is 29.9 Å². The summed E-state index contributed by atoms with van der Waals surface area (Å²) in [4.78, 5) is 39.7. The molecule has 0 fully saturated rings. The van der Waals surface area contributed by atoms with E-state index in [1.165, 1.54) is 0 Å². The number of hydrogen-bond donors (Lipinski definition) is 0. The van der Waals surface area contributed by atoms with Crippen LogP contribution < -0.4 is 9.97 Å². The third-order valence-corrected chi connectivity index (χ3v) is 8.29. The van der Waals surface area contributed by atoms with Crippen LogP contribution in [0.3, 0.4) is 0 Å². The summed E-state index contributed by atoms with van der Waals surface area (Å²) in [6, 6.07) is 31.5. The van der Waals surface area contributed by atoms with Gasteiger partial charge in [-0.3, -0.25) is 19.9 Å². The SMILES string of the molecule is C1=Cc2nc1c(-c1ccccn1)c1ccc([n-]1)c(-c1ccccn1)c1nc(c(-c3ccccn3)c3ccc([n-]3)c2-c2ccccn2)C=C1.[Fe+2]. The smallest absolute Gasteiger partial charge is 0.657 e. The van der Waals surface area contributed by atoms with Gasteiger partial charge in [0.05, 0.1) is 45.6 Å². The third kappa shape index (κ3) is 5.47. The molecule has 0 amide bonds. The molecule has 0 unspecified atom stereocenters. The van der Waals surface area contributed by atoms with Crippen molar-refractivity contribution in [2.45, 2.75) is 0 Å². The molecule has 8 bridgehead atoms. The molecular formula is C40H24FeN8. The molecule has 7 aromatic rings. The van der Waals surface area contributed by atoms with E-state index in [9.17, 15) is 0 Å². The summed E-state index contributed by atoms with van der Waals surface area (Å²) in [6.07, 6.45) is 15.2. The summed E-state index contributed by atoms with van der Waals surface area (Å²) in [7, 11) is 0. The normalized spacial score (nSPS) is 11.8. The molecule has 7 aromatic heterocycles. The molecule has 0 atom stereocenters. The van der Waals surface area contributed by atoms with Gasteiger partial charge in [-0.15, -0.1) is 22.1 Å². The second-order valence-electron chi connectivity index (χ2n) is 11.2. The van der Waals surface area contributed by atoms with Gasteiger partial charge in [-0.05, 0) is 72.8 Å². The third-order valence-electron chi connectivity index (χ3n) is 8.29. The van der Waals surface area contributed by atoms with Crippen LogP contribution in [0.5, 0.6) is 0 Å². The van der Waals surface area contributed by atoms with Gasteiger partial charge in [-0.1, -0.05) is 48.5 Å². The van der Waals surface area contributed by atoms with Gasteiger partial charge >= 0.3 is 17.1 Å². The number of hydrogen-bond acceptors (Lipinski definition) is 6. The average Bonchev–Trinajstić information content (AvgIpc) is 3.98. The first-order valence-corrected chi connectivity index (χ1v) is 15.5. The number of aromatic nitrogens is 8. The van der Waals surface area contributed by atoms with E-state index < -0.39 is 0 Å². The molecule has 0 N–H and O–H groups in total. The topological polar surface area (TPSA) is 106 Å². The van der Waals surface area contributed by atoms with Crippen LogP contribution in [-0.2, 0) is 17.1 Å². The Hall–Kier alpha value is -6.28. The van der Waals surface area contributed by atoms with Crippen molar-refractivity contribution in [2.75, 3.05) is 0 Å². The Morgan fingerprint density at radius 1 is 0.327 bits per heavy atom. The summed E-state index contributed by atoms with van der Waals surface area (Å²) in [5.41, 5.74) is 12.3. The predicted octanol–water partition coefficient (Wildman–Crippen LogP) is 8.16. The Bertz CT molecular complexity index is 2190. The molecule has 232 valence electrons. The molecule has 0 aliphatic carbocycles. The van der Waals surface area contributed by atoms with Gasteiger partial charge in [0.2, 0.25) is 0 Å². The van der Waals surface area contributed by atoms with Gasteiger partial charge in [0, 0.05) is 47.0 Å². The van der Waals surface area contributed by atoms with Gasteiger partial charge in [0.25, 0.3) is 0 Å². The van der Waals surface area contributed by atoms with Crippen LogP contribution in [0.4, 0.5) is 0 Å². The van der Waals surface area contributed by atoms with E-state index in [1.54, 1.807) is 24.8 Å². The molecule has 0 aromatic carbocycles. The maximum absolute atomic E-state index is 5.20. The molecule has 49 heavy (non-hydrogen) atoms. The molecule has 0 radical (unpaired) electrons. The molecular weight excluding hydrogens is 648 g/mol.